The van der Waals surface area contributed by atoms with Gasteiger partial charge in [0.2, 0.25) is 0 Å². The molecule has 3 rings (SSSR count). The molecule has 0 aliphatic carbocycles. The molecule has 0 amide bonds. The maximum Gasteiger partial charge on any atom is 0.191 e. The zero-order valence-electron chi connectivity index (χ0n) is 15.4. The van der Waals surface area contributed by atoms with Gasteiger partial charge in [-0.05, 0) is 30.9 Å². The quantitative estimate of drug-likeness (QED) is 0.244. The second kappa shape index (κ2) is 10.2. The molecule has 0 bridgehead atoms. The molecule has 0 aliphatic heterocycles. The van der Waals surface area contributed by atoms with Crippen LogP contribution in [0.5, 0.6) is 0 Å². The van der Waals surface area contributed by atoms with E-state index in [4.69, 9.17) is 0 Å². The molecule has 0 aliphatic rings. The molecule has 0 radical (unpaired) electrons. The van der Waals surface area contributed by atoms with Crippen LogP contribution in [0.1, 0.15) is 18.9 Å². The first-order valence-corrected chi connectivity index (χ1v) is 8.80. The monoisotopic (exact) mass is 466 g/mol. The fourth-order valence-corrected chi connectivity index (χ4v) is 2.86. The van der Waals surface area contributed by atoms with Gasteiger partial charge in [-0.3, -0.25) is 4.68 Å². The van der Waals surface area contributed by atoms with Crippen molar-refractivity contribution in [1.82, 2.24) is 25.0 Å². The summed E-state index contributed by atoms with van der Waals surface area (Å²) < 4.78 is 4.10. The zero-order chi connectivity index (χ0) is 17.5. The largest absolute Gasteiger partial charge is 0.357 e. The van der Waals surface area contributed by atoms with E-state index >= 15 is 0 Å². The van der Waals surface area contributed by atoms with E-state index in [1.807, 2.05) is 19.4 Å². The third-order valence-corrected chi connectivity index (χ3v) is 4.07. The molecule has 26 heavy (non-hydrogen) atoms. The van der Waals surface area contributed by atoms with Crippen LogP contribution in [0.3, 0.4) is 0 Å². The lowest BCUT2D eigenvalue weighted by Crippen LogP contribution is -2.38. The topological polar surface area (TPSA) is 59.2 Å². The molecule has 2 heterocycles. The second-order valence-electron chi connectivity index (χ2n) is 6.07. The number of nitrogens with one attached hydrogen (secondary N) is 2. The van der Waals surface area contributed by atoms with Crippen LogP contribution in [0, 0.1) is 0 Å². The van der Waals surface area contributed by atoms with Gasteiger partial charge in [-0.15, -0.1) is 24.0 Å². The van der Waals surface area contributed by atoms with Crippen molar-refractivity contribution in [2.45, 2.75) is 26.4 Å². The highest BCUT2D eigenvalue weighted by molar-refractivity contribution is 14.0. The first-order valence-electron chi connectivity index (χ1n) is 8.80. The summed E-state index contributed by atoms with van der Waals surface area (Å²) in [6.45, 7) is 5.42. The number of rotatable bonds is 7. The highest BCUT2D eigenvalue weighted by atomic mass is 127. The Bertz CT molecular complexity index is 835. The number of para-hydroxylation sites is 1. The summed E-state index contributed by atoms with van der Waals surface area (Å²) in [4.78, 5) is 4.62. The Morgan fingerprint density at radius 2 is 2.04 bits per heavy atom. The van der Waals surface area contributed by atoms with E-state index in [0.717, 1.165) is 37.6 Å². The molecule has 7 heteroatoms. The van der Waals surface area contributed by atoms with Crippen molar-refractivity contribution in [2.24, 2.45) is 12.0 Å². The van der Waals surface area contributed by atoms with Crippen LogP contribution in [0.4, 0.5) is 0 Å². The minimum absolute atomic E-state index is 0. The summed E-state index contributed by atoms with van der Waals surface area (Å²) >= 11 is 0. The molecule has 0 unspecified atom stereocenters. The summed E-state index contributed by atoms with van der Waals surface area (Å²) in [7, 11) is 1.92. The second-order valence-corrected chi connectivity index (χ2v) is 6.07. The summed E-state index contributed by atoms with van der Waals surface area (Å²) in [5, 5.41) is 12.2. The summed E-state index contributed by atoms with van der Waals surface area (Å²) in [6.07, 6.45) is 7.04. The molecule has 2 aromatic heterocycles. The highest BCUT2D eigenvalue weighted by Crippen LogP contribution is 2.15. The predicted molar refractivity (Wildman–Crippen MR) is 118 cm³/mol. The van der Waals surface area contributed by atoms with E-state index in [-0.39, 0.29) is 24.0 Å². The molecular formula is C19H27IN6. The number of guanidine groups is 1. The number of fused-ring (bicyclic) bond motifs is 1. The van der Waals surface area contributed by atoms with Gasteiger partial charge in [0.15, 0.2) is 5.96 Å². The maximum absolute atomic E-state index is 4.62. The van der Waals surface area contributed by atoms with Crippen molar-refractivity contribution >= 4 is 40.8 Å². The van der Waals surface area contributed by atoms with Crippen molar-refractivity contribution in [1.29, 1.82) is 0 Å². The van der Waals surface area contributed by atoms with Gasteiger partial charge in [0.25, 0.3) is 0 Å². The standard InChI is InChI=1S/C19H26N6.HI/c1-3-20-19(22-13-16-14-23-24(2)15-16)21-10-6-11-25-12-9-17-7-4-5-8-18(17)25;/h4-5,7-9,12,14-15H,3,6,10-11,13H2,1-2H3,(H2,20,21,22);1H. The van der Waals surface area contributed by atoms with Gasteiger partial charge in [-0.25, -0.2) is 4.99 Å². The smallest absolute Gasteiger partial charge is 0.191 e. The number of hydrogen-bond donors (Lipinski definition) is 2. The number of aliphatic imine (C=N–C) groups is 1. The van der Waals surface area contributed by atoms with Gasteiger partial charge in [0.1, 0.15) is 0 Å². The van der Waals surface area contributed by atoms with Crippen LogP contribution >= 0.6 is 24.0 Å². The Labute approximate surface area is 171 Å². The van der Waals surface area contributed by atoms with E-state index in [9.17, 15) is 0 Å². The van der Waals surface area contributed by atoms with E-state index in [0.29, 0.717) is 6.54 Å². The van der Waals surface area contributed by atoms with E-state index in [1.54, 1.807) is 4.68 Å². The lowest BCUT2D eigenvalue weighted by Gasteiger charge is -2.11. The maximum atomic E-state index is 4.62. The fraction of sp³-hybridized carbons (Fsp3) is 0.368. The third kappa shape index (κ3) is 5.48. The fourth-order valence-electron chi connectivity index (χ4n) is 2.86. The number of benzene rings is 1. The summed E-state index contributed by atoms with van der Waals surface area (Å²) in [5.41, 5.74) is 2.40. The predicted octanol–water partition coefficient (Wildman–Crippen LogP) is 3.14. The van der Waals surface area contributed by atoms with Gasteiger partial charge in [0, 0.05) is 50.2 Å². The van der Waals surface area contributed by atoms with Crippen LogP contribution in [-0.4, -0.2) is 33.4 Å². The van der Waals surface area contributed by atoms with E-state index < -0.39 is 0 Å². The molecular weight excluding hydrogens is 439 g/mol. The Kier molecular flexibility index (Phi) is 7.96. The van der Waals surface area contributed by atoms with Crippen LogP contribution in [0.25, 0.3) is 10.9 Å². The first-order chi connectivity index (χ1) is 12.3. The molecule has 1 aromatic carbocycles. The van der Waals surface area contributed by atoms with E-state index in [1.165, 1.54) is 10.9 Å². The molecule has 0 atom stereocenters. The van der Waals surface area contributed by atoms with Crippen molar-refractivity contribution in [3.63, 3.8) is 0 Å². The van der Waals surface area contributed by atoms with Crippen molar-refractivity contribution in [3.05, 3.63) is 54.5 Å². The number of halogens is 1. The molecule has 0 saturated heterocycles. The molecule has 2 N–H and O–H groups in total. The third-order valence-electron chi connectivity index (χ3n) is 4.07. The Morgan fingerprint density at radius 3 is 2.81 bits per heavy atom. The molecule has 6 nitrogen and oxygen atoms in total. The average Bonchev–Trinajstić information content (AvgIpc) is 3.22. The van der Waals surface area contributed by atoms with Crippen molar-refractivity contribution < 1.29 is 0 Å². The molecule has 0 saturated carbocycles. The van der Waals surface area contributed by atoms with Crippen LogP contribution < -0.4 is 10.6 Å². The van der Waals surface area contributed by atoms with Gasteiger partial charge < -0.3 is 15.2 Å². The van der Waals surface area contributed by atoms with E-state index in [2.05, 4.69) is 68.7 Å². The minimum atomic E-state index is 0. The van der Waals surface area contributed by atoms with Gasteiger partial charge >= 0.3 is 0 Å². The lowest BCUT2D eigenvalue weighted by atomic mass is 10.2. The number of aryl methyl sites for hydroxylation is 2. The zero-order valence-corrected chi connectivity index (χ0v) is 17.7. The summed E-state index contributed by atoms with van der Waals surface area (Å²) in [5.74, 6) is 0.851. The Balaban J connectivity index is 0.00000243. The lowest BCUT2D eigenvalue weighted by molar-refractivity contribution is 0.641. The number of nitrogens with zero attached hydrogens (tertiary/aromatic N) is 4. The van der Waals surface area contributed by atoms with Crippen LogP contribution in [-0.2, 0) is 20.1 Å². The Morgan fingerprint density at radius 1 is 1.19 bits per heavy atom. The molecule has 0 fully saturated rings. The normalized spacial score (nSPS) is 11.4. The van der Waals surface area contributed by atoms with Crippen molar-refractivity contribution in [3.8, 4) is 0 Å². The van der Waals surface area contributed by atoms with Crippen molar-refractivity contribution in [2.75, 3.05) is 13.1 Å². The van der Waals surface area contributed by atoms with Gasteiger partial charge in [0.05, 0.1) is 12.7 Å². The molecule has 3 aromatic rings. The number of hydrogen-bond acceptors (Lipinski definition) is 2. The Hall–Kier alpha value is -2.03. The number of aromatic nitrogens is 3. The van der Waals surface area contributed by atoms with Gasteiger partial charge in [-0.1, -0.05) is 18.2 Å². The SMILES string of the molecule is CCNC(=NCc1cnn(C)c1)NCCCn1ccc2ccccc21.I. The molecule has 140 valence electrons. The first kappa shape index (κ1) is 20.3. The van der Waals surface area contributed by atoms with Gasteiger partial charge in [-0.2, -0.15) is 5.10 Å². The van der Waals surface area contributed by atoms with Crippen LogP contribution in [0.15, 0.2) is 53.9 Å². The minimum Gasteiger partial charge on any atom is -0.357 e. The molecule has 0 spiro atoms. The van der Waals surface area contributed by atoms with Crippen LogP contribution in [0.2, 0.25) is 0 Å². The average molecular weight is 466 g/mol. The summed E-state index contributed by atoms with van der Waals surface area (Å²) in [6, 6.07) is 10.7. The highest BCUT2D eigenvalue weighted by Gasteiger charge is 2.01.